The Hall–Kier alpha value is -2.88. The molecule has 1 amide bonds. The number of pyridine rings is 1. The maximum Gasteiger partial charge on any atom is 0.416 e. The summed E-state index contributed by atoms with van der Waals surface area (Å²) in [5, 5.41) is 6.19. The van der Waals surface area contributed by atoms with Crippen LogP contribution in [0.1, 0.15) is 28.3 Å². The third-order valence-electron chi connectivity index (χ3n) is 5.89. The van der Waals surface area contributed by atoms with Gasteiger partial charge in [0.15, 0.2) is 0 Å². The van der Waals surface area contributed by atoms with Gasteiger partial charge in [-0.2, -0.15) is 13.2 Å². The number of halogens is 3. The van der Waals surface area contributed by atoms with Crippen LogP contribution in [0, 0.1) is 0 Å². The van der Waals surface area contributed by atoms with Crippen LogP contribution < -0.4 is 10.6 Å². The van der Waals surface area contributed by atoms with Gasteiger partial charge in [0.1, 0.15) is 0 Å². The predicted octanol–water partition coefficient (Wildman–Crippen LogP) is 4.66. The van der Waals surface area contributed by atoms with Crippen LogP contribution in [0.2, 0.25) is 0 Å². The van der Waals surface area contributed by atoms with Crippen LogP contribution in [0.5, 0.6) is 0 Å². The fourth-order valence-corrected chi connectivity index (χ4v) is 5.05. The van der Waals surface area contributed by atoms with Gasteiger partial charge in [-0.3, -0.25) is 14.7 Å². The molecule has 1 aromatic heterocycles. The number of amides is 1. The molecule has 184 valence electrons. The molecule has 1 unspecified atom stereocenters. The van der Waals surface area contributed by atoms with Crippen molar-refractivity contribution in [2.24, 2.45) is 0 Å². The van der Waals surface area contributed by atoms with Gasteiger partial charge in [-0.15, -0.1) is 11.8 Å². The lowest BCUT2D eigenvalue weighted by Gasteiger charge is -2.35. The van der Waals surface area contributed by atoms with Crippen LogP contribution in [-0.4, -0.2) is 42.0 Å². The summed E-state index contributed by atoms with van der Waals surface area (Å²) < 4.78 is 40.1. The molecule has 0 spiro atoms. The molecule has 4 rings (SSSR count). The summed E-state index contributed by atoms with van der Waals surface area (Å²) >= 11 is 1.46. The lowest BCUT2D eigenvalue weighted by Crippen LogP contribution is -2.49. The first-order chi connectivity index (χ1) is 16.9. The van der Waals surface area contributed by atoms with Crippen LogP contribution in [0.25, 0.3) is 0 Å². The van der Waals surface area contributed by atoms with Gasteiger partial charge in [-0.25, -0.2) is 0 Å². The molecular weight excluding hydrogens is 473 g/mol. The summed E-state index contributed by atoms with van der Waals surface area (Å²) in [5.74, 6) is 0.407. The molecule has 0 saturated carbocycles. The van der Waals surface area contributed by atoms with E-state index < -0.39 is 11.7 Å². The topological polar surface area (TPSA) is 57.3 Å². The summed E-state index contributed by atoms with van der Waals surface area (Å²) in [6, 6.07) is 17.4. The van der Waals surface area contributed by atoms with Gasteiger partial charge in [-0.1, -0.05) is 30.3 Å². The highest BCUT2D eigenvalue weighted by molar-refractivity contribution is 7.98. The van der Waals surface area contributed by atoms with E-state index in [2.05, 4.69) is 20.5 Å². The minimum atomic E-state index is -4.44. The quantitative estimate of drug-likeness (QED) is 0.441. The molecule has 1 saturated heterocycles. The Bertz CT molecular complexity index is 1110. The highest BCUT2D eigenvalue weighted by atomic mass is 32.2. The Labute approximate surface area is 207 Å². The minimum absolute atomic E-state index is 0.0306. The molecule has 0 bridgehead atoms. The van der Waals surface area contributed by atoms with Gasteiger partial charge in [0.05, 0.1) is 12.1 Å². The second kappa shape index (κ2) is 11.7. The van der Waals surface area contributed by atoms with Crippen molar-refractivity contribution in [3.05, 3.63) is 95.3 Å². The summed E-state index contributed by atoms with van der Waals surface area (Å²) in [6.07, 6.45) is -0.991. The van der Waals surface area contributed by atoms with Crippen LogP contribution in [0.15, 0.2) is 78.0 Å². The highest BCUT2D eigenvalue weighted by Gasteiger charge is 2.31. The summed E-state index contributed by atoms with van der Waals surface area (Å²) in [4.78, 5) is 19.7. The molecule has 1 atom stereocenters. The number of alkyl halides is 3. The van der Waals surface area contributed by atoms with Crippen LogP contribution >= 0.6 is 11.8 Å². The number of rotatable bonds is 8. The van der Waals surface area contributed by atoms with E-state index in [4.69, 9.17) is 0 Å². The average Bonchev–Trinajstić information content (AvgIpc) is 2.87. The second-order valence-corrected chi connectivity index (χ2v) is 9.36. The number of nitrogens with one attached hydrogen (secondary N) is 2. The highest BCUT2D eigenvalue weighted by Crippen LogP contribution is 2.34. The van der Waals surface area contributed by atoms with Crippen LogP contribution in [-0.2, 0) is 23.3 Å². The molecular formula is C26H27F3N4OS. The normalized spacial score (nSPS) is 16.7. The molecule has 0 radical (unpaired) electrons. The number of thioether (sulfide) groups is 1. The zero-order chi connectivity index (χ0) is 24.7. The first kappa shape index (κ1) is 25.2. The lowest BCUT2D eigenvalue weighted by molar-refractivity contribution is -0.137. The van der Waals surface area contributed by atoms with Gasteiger partial charge in [0, 0.05) is 55.3 Å². The second-order valence-electron chi connectivity index (χ2n) is 8.34. The van der Waals surface area contributed by atoms with Crippen molar-refractivity contribution in [3.8, 4) is 0 Å². The molecule has 9 heteroatoms. The van der Waals surface area contributed by atoms with Crippen LogP contribution in [0.3, 0.4) is 0 Å². The van der Waals surface area contributed by atoms with Gasteiger partial charge in [0.2, 0.25) is 5.91 Å². The molecule has 2 N–H and O–H groups in total. The Kier molecular flexibility index (Phi) is 8.43. The van der Waals surface area contributed by atoms with Gasteiger partial charge in [-0.05, 0) is 47.0 Å². The first-order valence-electron chi connectivity index (χ1n) is 11.4. The zero-order valence-corrected chi connectivity index (χ0v) is 19.9. The maximum atomic E-state index is 13.4. The van der Waals surface area contributed by atoms with E-state index in [1.807, 2.05) is 42.5 Å². The standard InChI is InChI=1S/C26H27F3N4OS/c27-26(28,29)22-6-7-24(35-18-19-4-2-1-3-5-19)21(14-22)15-32-25(34)17-33-13-12-31-16-23(33)20-8-10-30-11-9-20/h1-11,14,23,31H,12-13,15-18H2,(H,32,34). The Morgan fingerprint density at radius 3 is 2.63 bits per heavy atom. The van der Waals surface area contributed by atoms with Crippen molar-refractivity contribution in [2.75, 3.05) is 26.2 Å². The van der Waals surface area contributed by atoms with Crippen molar-refractivity contribution in [3.63, 3.8) is 0 Å². The Morgan fingerprint density at radius 2 is 1.89 bits per heavy atom. The number of carbonyl (C=O) groups is 1. The molecule has 3 aromatic rings. The number of hydrogen-bond acceptors (Lipinski definition) is 5. The largest absolute Gasteiger partial charge is 0.416 e. The fraction of sp³-hybridized carbons (Fsp3) is 0.308. The maximum absolute atomic E-state index is 13.4. The van der Waals surface area contributed by atoms with Gasteiger partial charge >= 0.3 is 6.18 Å². The first-order valence-corrected chi connectivity index (χ1v) is 12.4. The van der Waals surface area contributed by atoms with Crippen molar-refractivity contribution in [2.45, 2.75) is 29.4 Å². The van der Waals surface area contributed by atoms with Gasteiger partial charge < -0.3 is 10.6 Å². The molecule has 1 aliphatic heterocycles. The third kappa shape index (κ3) is 7.06. The Balaban J connectivity index is 1.43. The minimum Gasteiger partial charge on any atom is -0.351 e. The predicted molar refractivity (Wildman–Crippen MR) is 131 cm³/mol. The van der Waals surface area contributed by atoms with E-state index in [1.54, 1.807) is 12.4 Å². The molecule has 5 nitrogen and oxygen atoms in total. The van der Waals surface area contributed by atoms with Gasteiger partial charge in [0.25, 0.3) is 0 Å². The summed E-state index contributed by atoms with van der Waals surface area (Å²) in [7, 11) is 0. The third-order valence-corrected chi connectivity index (χ3v) is 7.08. The van der Waals surface area contributed by atoms with Crippen molar-refractivity contribution in [1.29, 1.82) is 0 Å². The number of piperazine rings is 1. The van der Waals surface area contributed by atoms with Crippen LogP contribution in [0.4, 0.5) is 13.2 Å². The van der Waals surface area contributed by atoms with E-state index >= 15 is 0 Å². The van der Waals surface area contributed by atoms with E-state index in [0.717, 1.165) is 34.7 Å². The molecule has 1 fully saturated rings. The molecule has 35 heavy (non-hydrogen) atoms. The number of hydrogen-bond donors (Lipinski definition) is 2. The lowest BCUT2D eigenvalue weighted by atomic mass is 10.0. The van der Waals surface area contributed by atoms with E-state index in [1.165, 1.54) is 17.8 Å². The molecule has 0 aliphatic carbocycles. The molecule has 1 aliphatic rings. The van der Waals surface area contributed by atoms with Crippen molar-refractivity contribution in [1.82, 2.24) is 20.5 Å². The summed E-state index contributed by atoms with van der Waals surface area (Å²) in [5.41, 5.74) is 1.89. The van der Waals surface area contributed by atoms with E-state index in [9.17, 15) is 18.0 Å². The monoisotopic (exact) mass is 500 g/mol. The number of aromatic nitrogens is 1. The molecule has 2 aromatic carbocycles. The van der Waals surface area contributed by atoms with E-state index in [-0.39, 0.29) is 25.0 Å². The Morgan fingerprint density at radius 1 is 1.11 bits per heavy atom. The zero-order valence-electron chi connectivity index (χ0n) is 19.1. The van der Waals surface area contributed by atoms with E-state index in [0.29, 0.717) is 24.4 Å². The molecule has 2 heterocycles. The SMILES string of the molecule is O=C(CN1CCNCC1c1ccncc1)NCc1cc(C(F)(F)F)ccc1SCc1ccccc1. The summed E-state index contributed by atoms with van der Waals surface area (Å²) in [6.45, 7) is 2.38. The van der Waals surface area contributed by atoms with Crippen molar-refractivity contribution >= 4 is 17.7 Å². The number of benzene rings is 2. The van der Waals surface area contributed by atoms with Crippen molar-refractivity contribution < 1.29 is 18.0 Å². The number of carbonyl (C=O) groups excluding carboxylic acids is 1. The fourth-order valence-electron chi connectivity index (χ4n) is 4.05. The smallest absolute Gasteiger partial charge is 0.351 e. The number of nitrogens with zero attached hydrogens (tertiary/aromatic N) is 2. The average molecular weight is 501 g/mol.